The number of carbonyl (C=O) groups excluding carboxylic acids is 1. The molecule has 0 aromatic rings. The molecule has 0 spiro atoms. The smallest absolute Gasteiger partial charge is 0.315 e. The number of quaternary nitrogens is 1. The highest BCUT2D eigenvalue weighted by Crippen LogP contribution is 2.69. The van der Waals surface area contributed by atoms with E-state index >= 15 is 0 Å². The van der Waals surface area contributed by atoms with Crippen molar-refractivity contribution in [2.24, 2.45) is 34.5 Å². The van der Waals surface area contributed by atoms with Crippen molar-refractivity contribution in [2.75, 3.05) is 6.61 Å². The Bertz CT molecular complexity index is 538. The molecule has 3 unspecified atom stereocenters. The predicted molar refractivity (Wildman–Crippen MR) is 101 cm³/mol. The van der Waals surface area contributed by atoms with Crippen molar-refractivity contribution >= 4 is 5.97 Å². The van der Waals surface area contributed by atoms with Gasteiger partial charge in [-0.05, 0) is 74.5 Å². The molecule has 0 amide bonds. The van der Waals surface area contributed by atoms with E-state index < -0.39 is 0 Å². The number of esters is 1. The lowest BCUT2D eigenvalue weighted by molar-refractivity contribution is -0.440. The van der Waals surface area contributed by atoms with Crippen LogP contribution in [0.25, 0.3) is 0 Å². The largest absolute Gasteiger partial charge is 0.466 e. The zero-order chi connectivity index (χ0) is 18.4. The monoisotopic (exact) mass is 348 g/mol. The van der Waals surface area contributed by atoms with Crippen molar-refractivity contribution in [3.8, 4) is 0 Å². The third-order valence-electron chi connectivity index (χ3n) is 8.59. The zero-order valence-electron chi connectivity index (χ0n) is 16.8. The molecule has 0 aromatic heterocycles. The molecular weight excluding hydrogens is 310 g/mol. The Balaban J connectivity index is 0.000000146. The maximum atomic E-state index is 11.6. The van der Waals surface area contributed by atoms with E-state index in [0.717, 1.165) is 5.92 Å². The third-order valence-corrected chi connectivity index (χ3v) is 8.59. The summed E-state index contributed by atoms with van der Waals surface area (Å²) in [7, 11) is 0. The molecule has 3 nitrogen and oxygen atoms in total. The normalized spacial score (nSPS) is 43.1. The van der Waals surface area contributed by atoms with Crippen LogP contribution in [-0.2, 0) is 9.53 Å². The highest BCUT2D eigenvalue weighted by molar-refractivity contribution is 5.74. The number of hydrogen-bond donors (Lipinski definition) is 1. The van der Waals surface area contributed by atoms with Gasteiger partial charge in [0, 0.05) is 5.92 Å². The molecular formula is C22H38NO2+. The second-order valence-corrected chi connectivity index (χ2v) is 9.48. The van der Waals surface area contributed by atoms with Crippen molar-refractivity contribution in [1.29, 1.82) is 0 Å². The molecule has 0 saturated heterocycles. The van der Waals surface area contributed by atoms with Crippen LogP contribution < -0.4 is 5.73 Å². The van der Waals surface area contributed by atoms with E-state index in [4.69, 9.17) is 4.74 Å². The van der Waals surface area contributed by atoms with Gasteiger partial charge in [0.25, 0.3) is 0 Å². The summed E-state index contributed by atoms with van der Waals surface area (Å²) >= 11 is 0. The van der Waals surface area contributed by atoms with Gasteiger partial charge < -0.3 is 10.5 Å². The first-order valence-corrected chi connectivity index (χ1v) is 10.5. The molecule has 4 aliphatic rings. The summed E-state index contributed by atoms with van der Waals surface area (Å²) in [5.74, 6) is 2.31. The molecule has 0 aromatic carbocycles. The first-order chi connectivity index (χ1) is 11.8. The number of fused-ring (bicyclic) bond motifs is 4. The van der Waals surface area contributed by atoms with Crippen LogP contribution in [0.1, 0.15) is 72.6 Å². The van der Waals surface area contributed by atoms with Crippen molar-refractivity contribution < 1.29 is 15.3 Å². The first-order valence-electron chi connectivity index (χ1n) is 10.5. The molecule has 3 N–H and O–H groups in total. The summed E-state index contributed by atoms with van der Waals surface area (Å²) in [6.45, 7) is 13.9. The van der Waals surface area contributed by atoms with E-state index in [0.29, 0.717) is 35.3 Å². The molecule has 4 bridgehead atoms. The molecule has 142 valence electrons. The van der Waals surface area contributed by atoms with Gasteiger partial charge in [0.2, 0.25) is 0 Å². The first kappa shape index (κ1) is 18.9. The van der Waals surface area contributed by atoms with Gasteiger partial charge in [-0.3, -0.25) is 4.79 Å². The lowest BCUT2D eigenvalue weighted by atomic mass is 9.66. The van der Waals surface area contributed by atoms with Crippen molar-refractivity contribution in [3.63, 3.8) is 0 Å². The van der Waals surface area contributed by atoms with Crippen molar-refractivity contribution in [3.05, 3.63) is 12.2 Å². The van der Waals surface area contributed by atoms with E-state index in [9.17, 15) is 4.79 Å². The topological polar surface area (TPSA) is 53.9 Å². The van der Waals surface area contributed by atoms with E-state index in [2.05, 4.69) is 33.1 Å². The van der Waals surface area contributed by atoms with Crippen LogP contribution in [0.3, 0.4) is 0 Å². The lowest BCUT2D eigenvalue weighted by Gasteiger charge is -2.38. The fourth-order valence-electron chi connectivity index (χ4n) is 6.88. The highest BCUT2D eigenvalue weighted by atomic mass is 16.5. The van der Waals surface area contributed by atoms with Crippen LogP contribution in [0.15, 0.2) is 12.2 Å². The van der Waals surface area contributed by atoms with Crippen LogP contribution in [-0.4, -0.2) is 18.6 Å². The third kappa shape index (κ3) is 2.78. The summed E-state index contributed by atoms with van der Waals surface area (Å²) < 4.78 is 5.07. The number of hydrogen-bond acceptors (Lipinski definition) is 2. The van der Waals surface area contributed by atoms with Gasteiger partial charge in [0.05, 0.1) is 6.61 Å². The minimum Gasteiger partial charge on any atom is -0.466 e. The summed E-state index contributed by atoms with van der Waals surface area (Å²) in [5.41, 5.74) is 6.70. The molecule has 3 heteroatoms. The highest BCUT2D eigenvalue weighted by Gasteiger charge is 2.59. The maximum Gasteiger partial charge on any atom is 0.315 e. The Kier molecular flexibility index (Phi) is 5.09. The van der Waals surface area contributed by atoms with Gasteiger partial charge in [-0.1, -0.05) is 32.9 Å². The van der Waals surface area contributed by atoms with Crippen LogP contribution in [0.5, 0.6) is 0 Å². The summed E-state index contributed by atoms with van der Waals surface area (Å²) in [4.78, 5) is 11.6. The summed E-state index contributed by atoms with van der Waals surface area (Å²) in [6.07, 6.45) is 9.14. The average Bonchev–Trinajstić information content (AvgIpc) is 3.26. The van der Waals surface area contributed by atoms with E-state index in [1.807, 2.05) is 6.92 Å². The predicted octanol–water partition coefficient (Wildman–Crippen LogP) is 3.99. The van der Waals surface area contributed by atoms with Gasteiger partial charge in [-0.25, -0.2) is 0 Å². The van der Waals surface area contributed by atoms with Crippen molar-refractivity contribution in [1.82, 2.24) is 0 Å². The number of allylic oxidation sites excluding steroid dienone is 1. The van der Waals surface area contributed by atoms with Gasteiger partial charge in [-0.2, -0.15) is 0 Å². The second-order valence-electron chi connectivity index (χ2n) is 9.48. The van der Waals surface area contributed by atoms with Gasteiger partial charge >= 0.3 is 5.97 Å². The van der Waals surface area contributed by atoms with Crippen LogP contribution >= 0.6 is 0 Å². The Labute approximate surface area is 153 Å². The quantitative estimate of drug-likeness (QED) is 0.619. The second kappa shape index (κ2) is 6.72. The Morgan fingerprint density at radius 3 is 2.32 bits per heavy atom. The molecule has 4 saturated carbocycles. The van der Waals surface area contributed by atoms with E-state index in [1.165, 1.54) is 44.9 Å². The number of carbonyl (C=O) groups is 1. The molecule has 4 aliphatic carbocycles. The van der Waals surface area contributed by atoms with Gasteiger partial charge in [0.1, 0.15) is 12.0 Å². The molecule has 4 fully saturated rings. The Hall–Kier alpha value is -0.830. The zero-order valence-corrected chi connectivity index (χ0v) is 16.8. The van der Waals surface area contributed by atoms with Crippen molar-refractivity contribution in [2.45, 2.75) is 78.7 Å². The van der Waals surface area contributed by atoms with Crippen LogP contribution in [0, 0.1) is 34.5 Å². The number of rotatable bonds is 3. The fraction of sp³-hybridized carbons (Fsp3) is 0.864. The minimum atomic E-state index is -0.00491. The van der Waals surface area contributed by atoms with Crippen LogP contribution in [0.4, 0.5) is 0 Å². The van der Waals surface area contributed by atoms with E-state index in [1.54, 1.807) is 5.57 Å². The molecule has 6 atom stereocenters. The summed E-state index contributed by atoms with van der Waals surface area (Å²) in [6, 6.07) is 0.317. The Morgan fingerprint density at radius 2 is 1.92 bits per heavy atom. The maximum absolute atomic E-state index is 11.6. The lowest BCUT2D eigenvalue weighted by Crippen LogP contribution is -2.68. The summed E-state index contributed by atoms with van der Waals surface area (Å²) in [5, 5.41) is 0. The number of ether oxygens (including phenoxy) is 1. The molecule has 0 radical (unpaired) electrons. The SMILES string of the molecule is C=C1CC2CC[C@]1(CC)C2(C)C.CCOC(=O)C1C([NH3+])[C@@H]2CC[C@H]1C2. The average molecular weight is 349 g/mol. The molecule has 25 heavy (non-hydrogen) atoms. The minimum absolute atomic E-state index is 0.00491. The molecule has 4 rings (SSSR count). The Morgan fingerprint density at radius 1 is 1.24 bits per heavy atom. The van der Waals surface area contributed by atoms with Gasteiger partial charge in [-0.15, -0.1) is 0 Å². The molecule has 0 heterocycles. The standard InChI is InChI=1S/C12H20.C10H17NO2/c1-5-12-7-6-10(8-9(12)2)11(12,3)4;1-2-13-10(12)8-6-3-4-7(5-6)9(8)11/h10H,2,5-8H2,1,3-4H3;6-9H,2-5,11H2,1H3/p+1/t10?,12-;6-,7+,8?,9?/m00/s1. The van der Waals surface area contributed by atoms with Crippen LogP contribution in [0.2, 0.25) is 0 Å². The fourth-order valence-corrected chi connectivity index (χ4v) is 6.88. The van der Waals surface area contributed by atoms with E-state index in [-0.39, 0.29) is 11.9 Å². The molecule has 0 aliphatic heterocycles. The van der Waals surface area contributed by atoms with Gasteiger partial charge in [0.15, 0.2) is 0 Å².